The van der Waals surface area contributed by atoms with Crippen molar-refractivity contribution in [3.05, 3.63) is 24.0 Å². The van der Waals surface area contributed by atoms with Crippen LogP contribution in [0, 0.1) is 0 Å². The number of rotatable bonds is 6. The van der Waals surface area contributed by atoms with Crippen molar-refractivity contribution in [2.75, 3.05) is 11.9 Å². The fourth-order valence-corrected chi connectivity index (χ4v) is 2.39. The molecule has 1 saturated carbocycles. The third-order valence-corrected chi connectivity index (χ3v) is 3.54. The van der Waals surface area contributed by atoms with Crippen molar-refractivity contribution in [2.24, 2.45) is 0 Å². The van der Waals surface area contributed by atoms with Gasteiger partial charge in [-0.2, -0.15) is 0 Å². The number of aromatic nitrogens is 1. The summed E-state index contributed by atoms with van der Waals surface area (Å²) in [5.41, 5.74) is 1.50. The number of nitrogens with zero attached hydrogens (tertiary/aromatic N) is 1. The van der Waals surface area contributed by atoms with E-state index in [1.807, 2.05) is 6.07 Å². The van der Waals surface area contributed by atoms with Gasteiger partial charge in [-0.15, -0.1) is 0 Å². The minimum Gasteiger partial charge on any atom is -0.381 e. The minimum atomic E-state index is -0.0825. The number of pyridine rings is 1. The van der Waals surface area contributed by atoms with Gasteiger partial charge >= 0.3 is 0 Å². The van der Waals surface area contributed by atoms with E-state index in [4.69, 9.17) is 0 Å². The zero-order chi connectivity index (χ0) is 13.5. The van der Waals surface area contributed by atoms with Crippen molar-refractivity contribution in [1.29, 1.82) is 0 Å². The first-order chi connectivity index (χ1) is 9.29. The Morgan fingerprint density at radius 2 is 2.16 bits per heavy atom. The summed E-state index contributed by atoms with van der Waals surface area (Å²) in [7, 11) is 0. The topological polar surface area (TPSA) is 54.0 Å². The molecule has 1 aliphatic carbocycles. The van der Waals surface area contributed by atoms with Crippen LogP contribution in [0.3, 0.4) is 0 Å². The number of anilines is 1. The molecule has 0 unspecified atom stereocenters. The molecule has 2 N–H and O–H groups in total. The van der Waals surface area contributed by atoms with Crippen LogP contribution in [0.5, 0.6) is 0 Å². The summed E-state index contributed by atoms with van der Waals surface area (Å²) in [6.45, 7) is 2.83. The first-order valence-corrected chi connectivity index (χ1v) is 7.30. The van der Waals surface area contributed by atoms with Crippen LogP contribution in [0.4, 0.5) is 5.69 Å². The summed E-state index contributed by atoms with van der Waals surface area (Å²) in [4.78, 5) is 16.0. The smallest absolute Gasteiger partial charge is 0.269 e. The second-order valence-corrected chi connectivity index (χ2v) is 5.17. The monoisotopic (exact) mass is 261 g/mol. The maximum atomic E-state index is 11.8. The fourth-order valence-electron chi connectivity index (χ4n) is 2.39. The molecule has 0 spiro atoms. The first kappa shape index (κ1) is 13.8. The van der Waals surface area contributed by atoms with Gasteiger partial charge in [0.1, 0.15) is 5.69 Å². The average Bonchev–Trinajstić information content (AvgIpc) is 2.93. The van der Waals surface area contributed by atoms with Gasteiger partial charge in [-0.05, 0) is 31.4 Å². The van der Waals surface area contributed by atoms with Gasteiger partial charge in [-0.3, -0.25) is 4.79 Å². The van der Waals surface area contributed by atoms with Crippen molar-refractivity contribution in [2.45, 2.75) is 51.5 Å². The maximum absolute atomic E-state index is 11.8. The Kier molecular flexibility index (Phi) is 5.19. The van der Waals surface area contributed by atoms with Gasteiger partial charge in [0.2, 0.25) is 0 Å². The van der Waals surface area contributed by atoms with Gasteiger partial charge in [0.25, 0.3) is 5.91 Å². The van der Waals surface area contributed by atoms with Crippen molar-refractivity contribution >= 4 is 11.6 Å². The third-order valence-electron chi connectivity index (χ3n) is 3.54. The SMILES string of the molecule is CCCCNC(=O)c1ccc(NC2CCCC2)cn1. The Morgan fingerprint density at radius 1 is 1.37 bits per heavy atom. The summed E-state index contributed by atoms with van der Waals surface area (Å²) in [5, 5.41) is 6.34. The molecule has 104 valence electrons. The van der Waals surface area contributed by atoms with Gasteiger partial charge in [0.15, 0.2) is 0 Å². The number of carbonyl (C=O) groups is 1. The lowest BCUT2D eigenvalue weighted by Gasteiger charge is -2.13. The summed E-state index contributed by atoms with van der Waals surface area (Å²) >= 11 is 0. The van der Waals surface area contributed by atoms with Crippen LogP contribution in [0.25, 0.3) is 0 Å². The Labute approximate surface area is 115 Å². The number of unbranched alkanes of at least 4 members (excludes halogenated alkanes) is 1. The molecule has 19 heavy (non-hydrogen) atoms. The highest BCUT2D eigenvalue weighted by Gasteiger charge is 2.14. The van der Waals surface area contributed by atoms with E-state index in [1.54, 1.807) is 12.3 Å². The largest absolute Gasteiger partial charge is 0.381 e. The number of carbonyl (C=O) groups excluding carboxylic acids is 1. The molecule has 0 radical (unpaired) electrons. The van der Waals surface area contributed by atoms with Gasteiger partial charge < -0.3 is 10.6 Å². The molecule has 1 fully saturated rings. The van der Waals surface area contributed by atoms with Gasteiger partial charge in [-0.1, -0.05) is 26.2 Å². The Balaban J connectivity index is 1.84. The van der Waals surface area contributed by atoms with Crippen LogP contribution in [-0.4, -0.2) is 23.5 Å². The maximum Gasteiger partial charge on any atom is 0.269 e. The van der Waals surface area contributed by atoms with Crippen molar-refractivity contribution in [3.63, 3.8) is 0 Å². The van der Waals surface area contributed by atoms with Crippen molar-refractivity contribution in [3.8, 4) is 0 Å². The molecule has 0 bridgehead atoms. The molecule has 1 aromatic heterocycles. The highest BCUT2D eigenvalue weighted by Crippen LogP contribution is 2.21. The number of amides is 1. The molecular formula is C15H23N3O. The van der Waals surface area contributed by atoms with Gasteiger partial charge in [-0.25, -0.2) is 4.98 Å². The summed E-state index contributed by atoms with van der Waals surface area (Å²) in [6, 6.07) is 4.31. The standard InChI is InChI=1S/C15H23N3O/c1-2-3-10-16-15(19)14-9-8-13(11-17-14)18-12-6-4-5-7-12/h8-9,11-12,18H,2-7,10H2,1H3,(H,16,19). The van der Waals surface area contributed by atoms with Crippen LogP contribution in [-0.2, 0) is 0 Å². The number of nitrogens with one attached hydrogen (secondary N) is 2. The lowest BCUT2D eigenvalue weighted by Crippen LogP contribution is -2.25. The first-order valence-electron chi connectivity index (χ1n) is 7.30. The molecule has 1 amide bonds. The Hall–Kier alpha value is -1.58. The van der Waals surface area contributed by atoms with E-state index >= 15 is 0 Å². The van der Waals surface area contributed by atoms with E-state index in [1.165, 1.54) is 25.7 Å². The molecule has 0 aliphatic heterocycles. The second kappa shape index (κ2) is 7.12. The van der Waals surface area contributed by atoms with Crippen LogP contribution < -0.4 is 10.6 Å². The molecule has 4 heteroatoms. The minimum absolute atomic E-state index is 0.0825. The Morgan fingerprint density at radius 3 is 2.79 bits per heavy atom. The van der Waals surface area contributed by atoms with Crippen molar-refractivity contribution in [1.82, 2.24) is 10.3 Å². The molecule has 1 aromatic rings. The van der Waals surface area contributed by atoms with E-state index in [2.05, 4.69) is 22.5 Å². The molecule has 0 saturated heterocycles. The molecule has 2 rings (SSSR count). The molecule has 4 nitrogen and oxygen atoms in total. The molecule has 1 aliphatic rings. The zero-order valence-corrected chi connectivity index (χ0v) is 11.6. The van der Waals surface area contributed by atoms with Gasteiger partial charge in [0.05, 0.1) is 11.9 Å². The predicted molar refractivity (Wildman–Crippen MR) is 77.4 cm³/mol. The van der Waals surface area contributed by atoms with Crippen molar-refractivity contribution < 1.29 is 4.79 Å². The highest BCUT2D eigenvalue weighted by molar-refractivity contribution is 5.92. The third kappa shape index (κ3) is 4.23. The van der Waals surface area contributed by atoms with E-state index in [9.17, 15) is 4.79 Å². The lowest BCUT2D eigenvalue weighted by atomic mass is 10.2. The van der Waals surface area contributed by atoms with E-state index in [0.29, 0.717) is 11.7 Å². The molecule has 1 heterocycles. The predicted octanol–water partition coefficient (Wildman–Crippen LogP) is 2.97. The number of hydrogen-bond acceptors (Lipinski definition) is 3. The summed E-state index contributed by atoms with van der Waals surface area (Å²) in [5.74, 6) is -0.0825. The fraction of sp³-hybridized carbons (Fsp3) is 0.600. The Bertz CT molecular complexity index is 396. The highest BCUT2D eigenvalue weighted by atomic mass is 16.1. The van der Waals surface area contributed by atoms with Gasteiger partial charge in [0, 0.05) is 12.6 Å². The molecule has 0 atom stereocenters. The van der Waals surface area contributed by atoms with Crippen LogP contribution in [0.2, 0.25) is 0 Å². The van der Waals surface area contributed by atoms with Crippen LogP contribution >= 0.6 is 0 Å². The summed E-state index contributed by atoms with van der Waals surface area (Å²) in [6.07, 6.45) is 8.93. The quantitative estimate of drug-likeness (QED) is 0.774. The zero-order valence-electron chi connectivity index (χ0n) is 11.6. The van der Waals surface area contributed by atoms with Crippen LogP contribution in [0.15, 0.2) is 18.3 Å². The van der Waals surface area contributed by atoms with E-state index in [-0.39, 0.29) is 5.91 Å². The van der Waals surface area contributed by atoms with Crippen LogP contribution in [0.1, 0.15) is 55.9 Å². The second-order valence-electron chi connectivity index (χ2n) is 5.17. The molecule has 0 aromatic carbocycles. The van der Waals surface area contributed by atoms with E-state index in [0.717, 1.165) is 25.1 Å². The van der Waals surface area contributed by atoms with E-state index < -0.39 is 0 Å². The lowest BCUT2D eigenvalue weighted by molar-refractivity contribution is 0.0948. The summed E-state index contributed by atoms with van der Waals surface area (Å²) < 4.78 is 0. The number of hydrogen-bond donors (Lipinski definition) is 2. The normalized spacial score (nSPS) is 15.4. The average molecular weight is 261 g/mol. The molecular weight excluding hydrogens is 238 g/mol.